The minimum Gasteiger partial charge on any atom is -0.335 e. The molecule has 6 heteroatoms. The van der Waals surface area contributed by atoms with Gasteiger partial charge < -0.3 is 14.5 Å². The normalized spacial score (nSPS) is 16.6. The van der Waals surface area contributed by atoms with Crippen LogP contribution in [0.2, 0.25) is 0 Å². The molecule has 1 N–H and O–H groups in total. The summed E-state index contributed by atoms with van der Waals surface area (Å²) in [6.45, 7) is 4.06. The van der Waals surface area contributed by atoms with E-state index in [1.54, 1.807) is 12.3 Å². The van der Waals surface area contributed by atoms with E-state index in [0.29, 0.717) is 18.9 Å². The van der Waals surface area contributed by atoms with Gasteiger partial charge in [-0.1, -0.05) is 25.1 Å². The maximum atomic E-state index is 12.3. The fraction of sp³-hybridized carbons (Fsp3) is 0.381. The Balaban J connectivity index is 1.69. The van der Waals surface area contributed by atoms with Crippen molar-refractivity contribution in [3.63, 3.8) is 0 Å². The van der Waals surface area contributed by atoms with E-state index in [1.807, 2.05) is 24.0 Å². The molecule has 1 aromatic carbocycles. The smallest absolute Gasteiger partial charge is 0.248 e. The first kappa shape index (κ1) is 16.3. The highest BCUT2D eigenvalue weighted by Crippen LogP contribution is 2.43. The lowest BCUT2D eigenvalue weighted by Crippen LogP contribution is -2.38. The summed E-state index contributed by atoms with van der Waals surface area (Å²) in [6, 6.07) is 7.60. The number of rotatable bonds is 3. The molecule has 0 saturated heterocycles. The van der Waals surface area contributed by atoms with Crippen LogP contribution in [0, 0.1) is 0 Å². The number of hydrogen-bond donors (Lipinski definition) is 1. The first-order valence-corrected chi connectivity index (χ1v) is 9.64. The van der Waals surface area contributed by atoms with Gasteiger partial charge in [0.25, 0.3) is 0 Å². The molecule has 1 saturated carbocycles. The van der Waals surface area contributed by atoms with E-state index >= 15 is 0 Å². The van der Waals surface area contributed by atoms with E-state index < -0.39 is 0 Å². The topological polar surface area (TPSA) is 71.0 Å². The zero-order valence-electron chi connectivity index (χ0n) is 15.4. The van der Waals surface area contributed by atoms with E-state index in [1.165, 1.54) is 12.8 Å². The van der Waals surface area contributed by atoms with E-state index in [9.17, 15) is 9.59 Å². The van der Waals surface area contributed by atoms with Crippen LogP contribution in [-0.4, -0.2) is 31.9 Å². The standard InChI is InChI=1S/C21H22N4O2/c1-2-19(27)24-8-9-25-17(12-24)20(23-21(25)13-6-7-13)15-5-3-4-14-10-18(26)22-11-16(14)15/h3-5,10-11,13H,2,6-9,12H2,1H3,(H,22,26). The molecule has 138 valence electrons. The van der Waals surface area contributed by atoms with Crippen LogP contribution >= 0.6 is 0 Å². The maximum Gasteiger partial charge on any atom is 0.248 e. The van der Waals surface area contributed by atoms with Crippen LogP contribution in [0.3, 0.4) is 0 Å². The minimum absolute atomic E-state index is 0.107. The van der Waals surface area contributed by atoms with Crippen molar-refractivity contribution in [2.75, 3.05) is 6.54 Å². The Labute approximate surface area is 156 Å². The van der Waals surface area contributed by atoms with Gasteiger partial charge in [0.2, 0.25) is 11.5 Å². The van der Waals surface area contributed by atoms with Crippen molar-refractivity contribution in [2.45, 2.75) is 45.2 Å². The van der Waals surface area contributed by atoms with Gasteiger partial charge in [-0.05, 0) is 18.2 Å². The summed E-state index contributed by atoms with van der Waals surface area (Å²) in [7, 11) is 0. The highest BCUT2D eigenvalue weighted by Gasteiger charge is 2.34. The second-order valence-electron chi connectivity index (χ2n) is 7.47. The molecule has 0 bridgehead atoms. The molecule has 1 amide bonds. The lowest BCUT2D eigenvalue weighted by Gasteiger charge is -2.29. The minimum atomic E-state index is -0.107. The van der Waals surface area contributed by atoms with Gasteiger partial charge in [-0.3, -0.25) is 9.59 Å². The van der Waals surface area contributed by atoms with Crippen LogP contribution in [0.15, 0.2) is 35.3 Å². The van der Waals surface area contributed by atoms with Gasteiger partial charge in [-0.2, -0.15) is 0 Å². The first-order chi connectivity index (χ1) is 13.2. The Morgan fingerprint density at radius 1 is 1.30 bits per heavy atom. The van der Waals surface area contributed by atoms with Crippen LogP contribution in [0.25, 0.3) is 22.0 Å². The quantitative estimate of drug-likeness (QED) is 0.778. The Morgan fingerprint density at radius 2 is 2.15 bits per heavy atom. The molecular weight excluding hydrogens is 340 g/mol. The molecule has 1 aliphatic heterocycles. The third-order valence-electron chi connectivity index (χ3n) is 5.67. The SMILES string of the molecule is CCC(=O)N1CCn2c(C3CC3)nc(-c3cccc4cc(=O)[nH]cc34)c2C1. The summed E-state index contributed by atoms with van der Waals surface area (Å²) in [5, 5.41) is 1.89. The van der Waals surface area contributed by atoms with Crippen LogP contribution in [0.4, 0.5) is 0 Å². The second-order valence-corrected chi connectivity index (χ2v) is 7.47. The molecule has 0 spiro atoms. The van der Waals surface area contributed by atoms with E-state index in [-0.39, 0.29) is 11.5 Å². The summed E-state index contributed by atoms with van der Waals surface area (Å²) in [6.07, 6.45) is 4.68. The van der Waals surface area contributed by atoms with Crippen molar-refractivity contribution in [1.29, 1.82) is 0 Å². The number of benzene rings is 1. The fourth-order valence-corrected chi connectivity index (χ4v) is 4.10. The number of fused-ring (bicyclic) bond motifs is 2. The Bertz CT molecular complexity index is 1110. The van der Waals surface area contributed by atoms with E-state index in [2.05, 4.69) is 15.6 Å². The lowest BCUT2D eigenvalue weighted by molar-refractivity contribution is -0.132. The Kier molecular flexibility index (Phi) is 3.67. The molecule has 3 aromatic rings. The highest BCUT2D eigenvalue weighted by atomic mass is 16.2. The van der Waals surface area contributed by atoms with E-state index in [4.69, 9.17) is 4.98 Å². The zero-order valence-corrected chi connectivity index (χ0v) is 15.4. The Morgan fingerprint density at radius 3 is 2.93 bits per heavy atom. The molecule has 27 heavy (non-hydrogen) atoms. The van der Waals surface area contributed by atoms with Gasteiger partial charge in [0.15, 0.2) is 0 Å². The number of hydrogen-bond acceptors (Lipinski definition) is 3. The number of H-pyrrole nitrogens is 1. The molecule has 2 aliphatic rings. The third kappa shape index (κ3) is 2.67. The number of aromatic nitrogens is 3. The summed E-state index contributed by atoms with van der Waals surface area (Å²) >= 11 is 0. The molecule has 5 rings (SSSR count). The van der Waals surface area contributed by atoms with Gasteiger partial charge >= 0.3 is 0 Å². The maximum absolute atomic E-state index is 12.3. The molecule has 3 heterocycles. The number of aromatic amines is 1. The molecule has 2 aromatic heterocycles. The molecule has 0 atom stereocenters. The van der Waals surface area contributed by atoms with Crippen molar-refractivity contribution < 1.29 is 4.79 Å². The summed E-state index contributed by atoms with van der Waals surface area (Å²) in [5.74, 6) is 1.88. The predicted molar refractivity (Wildman–Crippen MR) is 103 cm³/mol. The number of pyridine rings is 1. The fourth-order valence-electron chi connectivity index (χ4n) is 4.10. The van der Waals surface area contributed by atoms with Crippen molar-refractivity contribution in [1.82, 2.24) is 19.4 Å². The molecule has 1 aliphatic carbocycles. The van der Waals surface area contributed by atoms with Gasteiger partial charge in [0, 0.05) is 48.6 Å². The number of nitrogens with zero attached hydrogens (tertiary/aromatic N) is 3. The summed E-state index contributed by atoms with van der Waals surface area (Å²) in [5.41, 5.74) is 2.97. The molecule has 1 fully saturated rings. The number of amides is 1. The molecule has 0 unspecified atom stereocenters. The average molecular weight is 362 g/mol. The van der Waals surface area contributed by atoms with Gasteiger partial charge in [-0.15, -0.1) is 0 Å². The van der Waals surface area contributed by atoms with Crippen molar-refractivity contribution in [3.05, 3.63) is 52.3 Å². The zero-order chi connectivity index (χ0) is 18.5. The molecule has 6 nitrogen and oxygen atoms in total. The van der Waals surface area contributed by atoms with Gasteiger partial charge in [0.1, 0.15) is 5.82 Å². The highest BCUT2D eigenvalue weighted by molar-refractivity contribution is 5.95. The van der Waals surface area contributed by atoms with Crippen LogP contribution in [0.1, 0.15) is 43.6 Å². The number of imidazole rings is 1. The summed E-state index contributed by atoms with van der Waals surface area (Å²) in [4.78, 5) is 33.8. The number of carbonyl (C=O) groups is 1. The van der Waals surface area contributed by atoms with Crippen molar-refractivity contribution >= 4 is 16.7 Å². The largest absolute Gasteiger partial charge is 0.335 e. The predicted octanol–water partition coefficient (Wildman–Crippen LogP) is 3.02. The molecular formula is C21H22N4O2. The summed E-state index contributed by atoms with van der Waals surface area (Å²) < 4.78 is 2.33. The number of carbonyl (C=O) groups excluding carboxylic acids is 1. The van der Waals surface area contributed by atoms with Gasteiger partial charge in [-0.25, -0.2) is 4.98 Å². The van der Waals surface area contributed by atoms with Crippen LogP contribution in [0.5, 0.6) is 0 Å². The third-order valence-corrected chi connectivity index (χ3v) is 5.67. The first-order valence-electron chi connectivity index (χ1n) is 9.64. The number of nitrogens with one attached hydrogen (secondary N) is 1. The molecule has 0 radical (unpaired) electrons. The van der Waals surface area contributed by atoms with Crippen LogP contribution in [-0.2, 0) is 17.9 Å². The van der Waals surface area contributed by atoms with Crippen molar-refractivity contribution in [3.8, 4) is 11.3 Å². The van der Waals surface area contributed by atoms with Gasteiger partial charge in [0.05, 0.1) is 17.9 Å². The lowest BCUT2D eigenvalue weighted by atomic mass is 10.0. The van der Waals surface area contributed by atoms with E-state index in [0.717, 1.165) is 46.6 Å². The monoisotopic (exact) mass is 362 g/mol. The second kappa shape index (κ2) is 6.08. The van der Waals surface area contributed by atoms with Crippen LogP contribution < -0.4 is 5.56 Å². The average Bonchev–Trinajstić information content (AvgIpc) is 3.47. The van der Waals surface area contributed by atoms with Crippen molar-refractivity contribution in [2.24, 2.45) is 0 Å². The Hall–Kier alpha value is -2.89.